The minimum Gasteiger partial charge on any atom is -0.383 e. The molecule has 1 saturated heterocycles. The molecule has 1 atom stereocenters. The molecule has 1 rings (SSSR count). The van der Waals surface area contributed by atoms with Crippen molar-refractivity contribution in [3.05, 3.63) is 0 Å². The molecular formula is C11H22N2O2S. The number of hydrogen-bond acceptors (Lipinski definition) is 4. The van der Waals surface area contributed by atoms with E-state index in [1.165, 1.54) is 5.75 Å². The molecule has 1 heterocycles. The second-order valence-electron chi connectivity index (χ2n) is 3.88. The number of carbonyl (C=O) groups excluding carboxylic acids is 1. The maximum absolute atomic E-state index is 12.0. The molecule has 1 N–H and O–H groups in total. The number of ether oxygens (including phenoxy) is 1. The lowest BCUT2D eigenvalue weighted by Crippen LogP contribution is -2.46. The summed E-state index contributed by atoms with van der Waals surface area (Å²) in [6, 6.07) is 0.409. The van der Waals surface area contributed by atoms with E-state index in [1.807, 2.05) is 23.6 Å². The van der Waals surface area contributed by atoms with Gasteiger partial charge in [-0.1, -0.05) is 6.92 Å². The van der Waals surface area contributed by atoms with Crippen molar-refractivity contribution >= 4 is 17.7 Å². The van der Waals surface area contributed by atoms with Gasteiger partial charge < -0.3 is 15.0 Å². The first-order valence-corrected chi connectivity index (χ1v) is 7.02. The Morgan fingerprint density at radius 2 is 2.44 bits per heavy atom. The van der Waals surface area contributed by atoms with Gasteiger partial charge in [-0.05, 0) is 18.7 Å². The molecule has 0 radical (unpaired) electrons. The average molecular weight is 246 g/mol. The molecule has 0 aromatic carbocycles. The van der Waals surface area contributed by atoms with Gasteiger partial charge in [0.05, 0.1) is 13.2 Å². The van der Waals surface area contributed by atoms with E-state index in [2.05, 4.69) is 5.32 Å². The van der Waals surface area contributed by atoms with Crippen molar-refractivity contribution in [2.24, 2.45) is 0 Å². The minimum absolute atomic E-state index is 0.200. The summed E-state index contributed by atoms with van der Waals surface area (Å²) in [5.41, 5.74) is 0. The fraction of sp³-hybridized carbons (Fsp3) is 0.909. The normalized spacial score (nSPS) is 20.0. The van der Waals surface area contributed by atoms with E-state index in [4.69, 9.17) is 4.74 Å². The van der Waals surface area contributed by atoms with Gasteiger partial charge in [0.15, 0.2) is 0 Å². The highest BCUT2D eigenvalue weighted by Gasteiger charge is 2.26. The molecule has 1 unspecified atom stereocenters. The van der Waals surface area contributed by atoms with E-state index in [-0.39, 0.29) is 5.91 Å². The number of nitrogens with one attached hydrogen (secondary N) is 1. The monoisotopic (exact) mass is 246 g/mol. The van der Waals surface area contributed by atoms with Gasteiger partial charge in [0.25, 0.3) is 0 Å². The van der Waals surface area contributed by atoms with Gasteiger partial charge in [0.2, 0.25) is 5.91 Å². The Bertz CT molecular complexity index is 208. The highest BCUT2D eigenvalue weighted by Crippen LogP contribution is 2.22. The van der Waals surface area contributed by atoms with E-state index < -0.39 is 0 Å². The summed E-state index contributed by atoms with van der Waals surface area (Å²) in [4.78, 5) is 14.0. The van der Waals surface area contributed by atoms with E-state index in [0.29, 0.717) is 25.7 Å². The summed E-state index contributed by atoms with van der Waals surface area (Å²) in [5.74, 6) is 2.44. The van der Waals surface area contributed by atoms with Gasteiger partial charge in [0, 0.05) is 25.4 Å². The Kier molecular flexibility index (Phi) is 6.84. The lowest BCUT2D eigenvalue weighted by molar-refractivity contribution is -0.132. The summed E-state index contributed by atoms with van der Waals surface area (Å²) in [7, 11) is 1.68. The second-order valence-corrected chi connectivity index (χ2v) is 5.03. The van der Waals surface area contributed by atoms with Crippen LogP contribution in [0.4, 0.5) is 0 Å². The first kappa shape index (κ1) is 13.8. The highest BCUT2D eigenvalue weighted by atomic mass is 32.2. The molecule has 1 aliphatic rings. The topological polar surface area (TPSA) is 41.6 Å². The number of rotatable bonds is 7. The zero-order valence-electron chi connectivity index (χ0n) is 10.2. The first-order chi connectivity index (χ1) is 7.79. The Morgan fingerprint density at radius 1 is 1.62 bits per heavy atom. The molecular weight excluding hydrogens is 224 g/mol. The van der Waals surface area contributed by atoms with Crippen molar-refractivity contribution in [3.8, 4) is 0 Å². The Hall–Kier alpha value is -0.260. The number of thioether (sulfide) groups is 1. The van der Waals surface area contributed by atoms with Crippen LogP contribution in [-0.4, -0.2) is 61.7 Å². The third-order valence-electron chi connectivity index (χ3n) is 2.73. The molecule has 0 saturated carbocycles. The Labute approximate surface area is 102 Å². The van der Waals surface area contributed by atoms with E-state index in [0.717, 1.165) is 18.7 Å². The van der Waals surface area contributed by atoms with E-state index in [9.17, 15) is 4.79 Å². The predicted molar refractivity (Wildman–Crippen MR) is 67.9 cm³/mol. The molecule has 0 aliphatic carbocycles. The predicted octanol–water partition coefficient (Wildman–Crippen LogP) is 0.576. The summed E-state index contributed by atoms with van der Waals surface area (Å²) in [6.45, 7) is 4.63. The molecule has 0 spiro atoms. The molecule has 1 fully saturated rings. The summed E-state index contributed by atoms with van der Waals surface area (Å²) >= 11 is 1.93. The molecule has 16 heavy (non-hydrogen) atoms. The fourth-order valence-corrected chi connectivity index (χ4v) is 3.03. The number of amides is 1. The zero-order chi connectivity index (χ0) is 11.8. The second kappa shape index (κ2) is 7.92. The van der Waals surface area contributed by atoms with Crippen LogP contribution in [0.1, 0.15) is 13.3 Å². The molecule has 94 valence electrons. The van der Waals surface area contributed by atoms with E-state index in [1.54, 1.807) is 7.11 Å². The molecule has 1 amide bonds. The van der Waals surface area contributed by atoms with E-state index >= 15 is 0 Å². The average Bonchev–Trinajstić information content (AvgIpc) is 2.80. The number of nitrogens with zero attached hydrogens (tertiary/aromatic N) is 1. The van der Waals surface area contributed by atoms with Crippen LogP contribution < -0.4 is 5.32 Å². The van der Waals surface area contributed by atoms with Crippen LogP contribution in [0.3, 0.4) is 0 Å². The zero-order valence-corrected chi connectivity index (χ0v) is 11.0. The van der Waals surface area contributed by atoms with Crippen molar-refractivity contribution in [1.82, 2.24) is 10.2 Å². The summed E-state index contributed by atoms with van der Waals surface area (Å²) in [5, 5.41) is 3.09. The van der Waals surface area contributed by atoms with Crippen LogP contribution in [0, 0.1) is 0 Å². The number of carbonyl (C=O) groups is 1. The molecule has 4 nitrogen and oxygen atoms in total. The summed E-state index contributed by atoms with van der Waals surface area (Å²) in [6.07, 6.45) is 1.12. The first-order valence-electron chi connectivity index (χ1n) is 5.86. The lowest BCUT2D eigenvalue weighted by atomic mass is 10.2. The van der Waals surface area contributed by atoms with Crippen LogP contribution >= 0.6 is 11.8 Å². The molecule has 1 aliphatic heterocycles. The Morgan fingerprint density at radius 3 is 3.00 bits per heavy atom. The lowest BCUT2D eigenvalue weighted by Gasteiger charge is -2.28. The maximum Gasteiger partial charge on any atom is 0.236 e. The van der Waals surface area contributed by atoms with Crippen LogP contribution in [0.2, 0.25) is 0 Å². The van der Waals surface area contributed by atoms with Gasteiger partial charge in [-0.15, -0.1) is 0 Å². The third-order valence-corrected chi connectivity index (χ3v) is 3.87. The largest absolute Gasteiger partial charge is 0.383 e. The van der Waals surface area contributed by atoms with Crippen LogP contribution in [0.15, 0.2) is 0 Å². The van der Waals surface area contributed by atoms with Gasteiger partial charge in [0.1, 0.15) is 0 Å². The Balaban J connectivity index is 2.44. The van der Waals surface area contributed by atoms with Gasteiger partial charge >= 0.3 is 0 Å². The highest BCUT2D eigenvalue weighted by molar-refractivity contribution is 7.99. The molecule has 5 heteroatoms. The molecule has 0 bridgehead atoms. The minimum atomic E-state index is 0.200. The van der Waals surface area contributed by atoms with Crippen molar-refractivity contribution in [1.29, 1.82) is 0 Å². The van der Waals surface area contributed by atoms with Crippen molar-refractivity contribution in [3.63, 3.8) is 0 Å². The number of likely N-dealkylation sites (N-methyl/N-ethyl adjacent to an activating group) is 1. The van der Waals surface area contributed by atoms with Crippen molar-refractivity contribution in [2.75, 3.05) is 44.9 Å². The third kappa shape index (κ3) is 4.31. The maximum atomic E-state index is 12.0. The smallest absolute Gasteiger partial charge is 0.236 e. The van der Waals surface area contributed by atoms with Crippen LogP contribution in [0.25, 0.3) is 0 Å². The number of methoxy groups -OCH3 is 1. The molecule has 0 aromatic rings. The standard InChI is InChI=1S/C11H22N2O2S/c1-3-12-8-11(14)13(5-6-15-2)10-4-7-16-9-10/h10,12H,3-9H2,1-2H3. The fourth-order valence-electron chi connectivity index (χ4n) is 1.80. The van der Waals surface area contributed by atoms with Gasteiger partial charge in [-0.25, -0.2) is 0 Å². The SMILES string of the molecule is CCNCC(=O)N(CCOC)C1CCSC1. The van der Waals surface area contributed by atoms with Crippen LogP contribution in [-0.2, 0) is 9.53 Å². The van der Waals surface area contributed by atoms with Crippen LogP contribution in [0.5, 0.6) is 0 Å². The number of hydrogen-bond donors (Lipinski definition) is 1. The summed E-state index contributed by atoms with van der Waals surface area (Å²) < 4.78 is 5.07. The molecule has 0 aromatic heterocycles. The quantitative estimate of drug-likeness (QED) is 0.713. The van der Waals surface area contributed by atoms with Gasteiger partial charge in [-0.3, -0.25) is 4.79 Å². The van der Waals surface area contributed by atoms with Crippen molar-refractivity contribution in [2.45, 2.75) is 19.4 Å². The van der Waals surface area contributed by atoms with Crippen molar-refractivity contribution < 1.29 is 9.53 Å². The van der Waals surface area contributed by atoms with Gasteiger partial charge in [-0.2, -0.15) is 11.8 Å².